The molecule has 0 aliphatic rings. The van der Waals surface area contributed by atoms with E-state index < -0.39 is 34.4 Å². The second-order valence-electron chi connectivity index (χ2n) is 4.88. The summed E-state index contributed by atoms with van der Waals surface area (Å²) in [6.07, 6.45) is 5.17. The molecule has 23 heavy (non-hydrogen) atoms. The third-order valence-electron chi connectivity index (χ3n) is 3.45. The van der Waals surface area contributed by atoms with E-state index in [4.69, 9.17) is 0 Å². The number of hydrogen-bond acceptors (Lipinski definition) is 2. The molecule has 0 radical (unpaired) electrons. The van der Waals surface area contributed by atoms with Crippen molar-refractivity contribution in [2.75, 3.05) is 0 Å². The third-order valence-corrected chi connectivity index (χ3v) is 3.45. The summed E-state index contributed by atoms with van der Waals surface area (Å²) in [6.45, 7) is 0. The van der Waals surface area contributed by atoms with Gasteiger partial charge in [0.15, 0.2) is 23.3 Å². The molecular weight excluding hydrogens is 308 g/mol. The van der Waals surface area contributed by atoms with Crippen molar-refractivity contribution in [1.29, 1.82) is 0 Å². The predicted octanol–water partition coefficient (Wildman–Crippen LogP) is 4.29. The van der Waals surface area contributed by atoms with Crippen LogP contribution in [-0.2, 0) is 6.42 Å². The second kappa shape index (κ2) is 6.16. The minimum atomic E-state index is -1.42. The molecule has 2 heterocycles. The van der Waals surface area contributed by atoms with E-state index in [0.717, 1.165) is 0 Å². The van der Waals surface area contributed by atoms with Gasteiger partial charge in [0.25, 0.3) is 0 Å². The minimum Gasteiger partial charge on any atom is -0.265 e. The van der Waals surface area contributed by atoms with Crippen molar-refractivity contribution in [2.45, 2.75) is 6.42 Å². The first-order valence-corrected chi connectivity index (χ1v) is 6.73. The lowest BCUT2D eigenvalue weighted by Gasteiger charge is -2.12. The first kappa shape index (κ1) is 15.1. The molecule has 0 N–H and O–H groups in total. The molecule has 0 spiro atoms. The lowest BCUT2D eigenvalue weighted by atomic mass is 9.98. The Bertz CT molecular complexity index is 807. The molecule has 2 aromatic heterocycles. The lowest BCUT2D eigenvalue weighted by molar-refractivity contribution is 0.446. The van der Waals surface area contributed by atoms with Gasteiger partial charge in [-0.05, 0) is 35.4 Å². The van der Waals surface area contributed by atoms with Crippen LogP contribution in [0.4, 0.5) is 17.6 Å². The molecule has 1 aromatic carbocycles. The number of benzene rings is 1. The molecule has 2 nitrogen and oxygen atoms in total. The lowest BCUT2D eigenvalue weighted by Crippen LogP contribution is -2.07. The quantitative estimate of drug-likeness (QED) is 0.532. The third kappa shape index (κ3) is 2.79. The smallest absolute Gasteiger partial charge is 0.170 e. The van der Waals surface area contributed by atoms with E-state index in [9.17, 15) is 17.6 Å². The summed E-state index contributed by atoms with van der Waals surface area (Å²) in [4.78, 5) is 7.49. The van der Waals surface area contributed by atoms with Gasteiger partial charge in [-0.15, -0.1) is 0 Å². The molecule has 0 amide bonds. The Morgan fingerprint density at radius 3 is 1.65 bits per heavy atom. The van der Waals surface area contributed by atoms with Crippen molar-refractivity contribution in [2.24, 2.45) is 0 Å². The number of aromatic nitrogens is 2. The molecule has 3 rings (SSSR count). The Morgan fingerprint density at radius 1 is 0.652 bits per heavy atom. The number of hydrogen-bond donors (Lipinski definition) is 0. The van der Waals surface area contributed by atoms with E-state index in [2.05, 4.69) is 9.97 Å². The summed E-state index contributed by atoms with van der Waals surface area (Å²) in [5, 5.41) is 0. The normalized spacial score (nSPS) is 10.8. The van der Waals surface area contributed by atoms with E-state index in [1.807, 2.05) is 0 Å². The van der Waals surface area contributed by atoms with E-state index in [-0.39, 0.29) is 12.0 Å². The van der Waals surface area contributed by atoms with Crippen LogP contribution in [0.5, 0.6) is 0 Å². The Labute approximate surface area is 129 Å². The van der Waals surface area contributed by atoms with Crippen LogP contribution in [0.25, 0.3) is 11.1 Å². The Morgan fingerprint density at radius 2 is 1.13 bits per heavy atom. The minimum absolute atomic E-state index is 0.0169. The highest BCUT2D eigenvalue weighted by atomic mass is 19.2. The zero-order chi connectivity index (χ0) is 16.4. The molecule has 0 aliphatic carbocycles. The summed E-state index contributed by atoms with van der Waals surface area (Å²) >= 11 is 0. The monoisotopic (exact) mass is 318 g/mol. The number of pyridine rings is 2. The summed E-state index contributed by atoms with van der Waals surface area (Å²) in [7, 11) is 0. The molecule has 6 heteroatoms. The topological polar surface area (TPSA) is 25.8 Å². The predicted molar refractivity (Wildman–Crippen MR) is 76.5 cm³/mol. The molecule has 0 atom stereocenters. The van der Waals surface area contributed by atoms with Gasteiger partial charge in [-0.2, -0.15) is 0 Å². The van der Waals surface area contributed by atoms with Crippen molar-refractivity contribution < 1.29 is 17.6 Å². The fourth-order valence-electron chi connectivity index (χ4n) is 2.31. The van der Waals surface area contributed by atoms with Gasteiger partial charge in [-0.3, -0.25) is 9.97 Å². The Balaban J connectivity index is 2.14. The van der Waals surface area contributed by atoms with Crippen LogP contribution in [0.1, 0.15) is 11.1 Å². The number of rotatable bonds is 3. The average Bonchev–Trinajstić information content (AvgIpc) is 2.59. The maximum Gasteiger partial charge on any atom is 0.170 e. The standard InChI is InChI=1S/C17H10F4N2/c18-14-12(9-10-1-5-22-6-2-10)15(19)17(21)13(16(14)20)11-3-7-23-8-4-11/h1-8H,9H2. The largest absolute Gasteiger partial charge is 0.265 e. The van der Waals surface area contributed by atoms with Crippen molar-refractivity contribution >= 4 is 0 Å². The van der Waals surface area contributed by atoms with E-state index >= 15 is 0 Å². The molecule has 0 saturated heterocycles. The summed E-state index contributed by atoms with van der Waals surface area (Å²) < 4.78 is 57.1. The van der Waals surface area contributed by atoms with E-state index in [1.165, 1.54) is 49.1 Å². The fourth-order valence-corrected chi connectivity index (χ4v) is 2.31. The molecule has 3 aromatic rings. The van der Waals surface area contributed by atoms with Gasteiger partial charge < -0.3 is 0 Å². The van der Waals surface area contributed by atoms with Gasteiger partial charge in [-0.1, -0.05) is 0 Å². The Hall–Kier alpha value is -2.76. The second-order valence-corrected chi connectivity index (χ2v) is 4.88. The van der Waals surface area contributed by atoms with Crippen LogP contribution in [0.2, 0.25) is 0 Å². The van der Waals surface area contributed by atoms with Crippen LogP contribution < -0.4 is 0 Å². The van der Waals surface area contributed by atoms with Crippen LogP contribution in [0, 0.1) is 23.3 Å². The number of nitrogens with zero attached hydrogens (tertiary/aromatic N) is 2. The van der Waals surface area contributed by atoms with Crippen LogP contribution in [-0.4, -0.2) is 9.97 Å². The van der Waals surface area contributed by atoms with Gasteiger partial charge >= 0.3 is 0 Å². The highest BCUT2D eigenvalue weighted by Gasteiger charge is 2.26. The van der Waals surface area contributed by atoms with Gasteiger partial charge in [0.2, 0.25) is 0 Å². The van der Waals surface area contributed by atoms with Crippen LogP contribution >= 0.6 is 0 Å². The number of halogens is 4. The van der Waals surface area contributed by atoms with Gasteiger partial charge in [-0.25, -0.2) is 17.6 Å². The van der Waals surface area contributed by atoms with Crippen molar-refractivity contribution in [3.63, 3.8) is 0 Å². The highest BCUT2D eigenvalue weighted by Crippen LogP contribution is 2.32. The van der Waals surface area contributed by atoms with Crippen molar-refractivity contribution in [3.05, 3.63) is 83.4 Å². The Kier molecular flexibility index (Phi) is 4.06. The van der Waals surface area contributed by atoms with Crippen molar-refractivity contribution in [1.82, 2.24) is 9.97 Å². The van der Waals surface area contributed by atoms with Crippen LogP contribution in [0.15, 0.2) is 49.1 Å². The maximum absolute atomic E-state index is 14.3. The van der Waals surface area contributed by atoms with E-state index in [1.54, 1.807) is 0 Å². The first-order chi connectivity index (χ1) is 11.1. The molecule has 0 unspecified atom stereocenters. The summed E-state index contributed by atoms with van der Waals surface area (Å²) in [6, 6.07) is 5.60. The average molecular weight is 318 g/mol. The zero-order valence-electron chi connectivity index (χ0n) is 11.7. The fraction of sp³-hybridized carbons (Fsp3) is 0.0588. The van der Waals surface area contributed by atoms with Gasteiger partial charge in [0.1, 0.15) is 0 Å². The summed E-state index contributed by atoms with van der Waals surface area (Å²) in [5.41, 5.74) is -0.874. The SMILES string of the molecule is Fc1c(F)c(-c2ccncc2)c(F)c(F)c1Cc1ccncc1. The molecule has 0 aliphatic heterocycles. The van der Waals surface area contributed by atoms with Crippen LogP contribution in [0.3, 0.4) is 0 Å². The zero-order valence-corrected chi connectivity index (χ0v) is 11.7. The van der Waals surface area contributed by atoms with Gasteiger partial charge in [0, 0.05) is 36.8 Å². The first-order valence-electron chi connectivity index (χ1n) is 6.73. The van der Waals surface area contributed by atoms with Crippen molar-refractivity contribution in [3.8, 4) is 11.1 Å². The highest BCUT2D eigenvalue weighted by molar-refractivity contribution is 5.65. The molecule has 116 valence electrons. The molecular formula is C17H10F4N2. The summed E-state index contributed by atoms with van der Waals surface area (Å²) in [5.74, 6) is -5.63. The molecule has 0 saturated carbocycles. The maximum atomic E-state index is 14.3. The van der Waals surface area contributed by atoms with Gasteiger partial charge in [0.05, 0.1) is 5.56 Å². The molecule has 0 fully saturated rings. The molecule has 0 bridgehead atoms. The van der Waals surface area contributed by atoms with E-state index in [0.29, 0.717) is 5.56 Å².